The van der Waals surface area contributed by atoms with Gasteiger partial charge in [0.15, 0.2) is 0 Å². The van der Waals surface area contributed by atoms with Crippen molar-refractivity contribution in [2.75, 3.05) is 5.73 Å². The smallest absolute Gasteiger partial charge is 0.220 e. The number of allylic oxidation sites excluding steroid dienone is 1. The third kappa shape index (κ3) is 1.89. The molecule has 0 saturated heterocycles. The minimum atomic E-state index is 0.239. The van der Waals surface area contributed by atoms with Crippen molar-refractivity contribution in [2.24, 2.45) is 0 Å². The molecule has 2 rings (SSSR count). The highest BCUT2D eigenvalue weighted by Gasteiger charge is 2.06. The first kappa shape index (κ1) is 9.86. The normalized spacial score (nSPS) is 10.5. The Balaban J connectivity index is 2.75. The van der Waals surface area contributed by atoms with Crippen LogP contribution in [0.1, 0.15) is 5.69 Å². The predicted molar refractivity (Wildman–Crippen MR) is 60.7 cm³/mol. The molecule has 2 heterocycles. The fourth-order valence-corrected chi connectivity index (χ4v) is 1.50. The van der Waals surface area contributed by atoms with E-state index < -0.39 is 0 Å². The first-order valence-corrected chi connectivity index (χ1v) is 4.78. The van der Waals surface area contributed by atoms with Crippen LogP contribution in [0.25, 0.3) is 11.0 Å². The maximum Gasteiger partial charge on any atom is 0.220 e. The summed E-state index contributed by atoms with van der Waals surface area (Å²) in [5.41, 5.74) is 7.70. The Morgan fingerprint density at radius 3 is 2.87 bits per heavy atom. The molecular weight excluding hydrogens is 212 g/mol. The van der Waals surface area contributed by atoms with E-state index in [0.717, 1.165) is 5.69 Å². The van der Waals surface area contributed by atoms with E-state index in [1.54, 1.807) is 18.2 Å². The van der Waals surface area contributed by atoms with E-state index in [-0.39, 0.29) is 5.95 Å². The molecule has 0 spiro atoms. The van der Waals surface area contributed by atoms with E-state index in [2.05, 4.69) is 21.5 Å². The number of halogens is 1. The van der Waals surface area contributed by atoms with Crippen LogP contribution >= 0.6 is 11.6 Å². The van der Waals surface area contributed by atoms with Gasteiger partial charge in [0.2, 0.25) is 5.95 Å². The Morgan fingerprint density at radius 2 is 2.13 bits per heavy atom. The number of nitrogen functional groups attached to an aromatic ring is 1. The van der Waals surface area contributed by atoms with Crippen molar-refractivity contribution in [2.45, 2.75) is 6.42 Å². The molecule has 0 radical (unpaired) electrons. The van der Waals surface area contributed by atoms with Gasteiger partial charge < -0.3 is 5.73 Å². The Bertz CT molecular complexity index is 524. The summed E-state index contributed by atoms with van der Waals surface area (Å²) in [6, 6.07) is 3.45. The first-order chi connectivity index (χ1) is 7.20. The van der Waals surface area contributed by atoms with Gasteiger partial charge in [-0.05, 0) is 12.1 Å². The number of nitrogens with zero attached hydrogens (tertiary/aromatic N) is 3. The third-order valence-electron chi connectivity index (χ3n) is 1.94. The van der Waals surface area contributed by atoms with Crippen LogP contribution < -0.4 is 5.73 Å². The van der Waals surface area contributed by atoms with Crippen LogP contribution in [0.3, 0.4) is 0 Å². The lowest BCUT2D eigenvalue weighted by Gasteiger charge is -2.03. The highest BCUT2D eigenvalue weighted by atomic mass is 35.5. The number of rotatable bonds is 2. The molecule has 0 aromatic carbocycles. The lowest BCUT2D eigenvalue weighted by Crippen LogP contribution is -2.01. The van der Waals surface area contributed by atoms with Crippen molar-refractivity contribution in [3.63, 3.8) is 0 Å². The zero-order valence-electron chi connectivity index (χ0n) is 7.94. The molecule has 0 saturated carbocycles. The third-order valence-corrected chi connectivity index (χ3v) is 2.15. The Hall–Kier alpha value is -1.68. The lowest BCUT2D eigenvalue weighted by atomic mass is 10.2. The Labute approximate surface area is 91.8 Å². The minimum Gasteiger partial charge on any atom is -0.368 e. The molecule has 0 aliphatic heterocycles. The number of pyridine rings is 1. The van der Waals surface area contributed by atoms with Gasteiger partial charge in [0.1, 0.15) is 10.7 Å². The van der Waals surface area contributed by atoms with Crippen molar-refractivity contribution in [3.8, 4) is 0 Å². The molecule has 0 fully saturated rings. The van der Waals surface area contributed by atoms with Crippen molar-refractivity contribution in [1.29, 1.82) is 0 Å². The van der Waals surface area contributed by atoms with Crippen LogP contribution in [-0.2, 0) is 6.42 Å². The molecule has 5 heteroatoms. The van der Waals surface area contributed by atoms with E-state index in [1.165, 1.54) is 0 Å². The van der Waals surface area contributed by atoms with E-state index in [4.69, 9.17) is 17.3 Å². The summed E-state index contributed by atoms with van der Waals surface area (Å²) in [7, 11) is 0. The maximum atomic E-state index is 5.81. The molecule has 0 aliphatic carbocycles. The van der Waals surface area contributed by atoms with Crippen LogP contribution in [0.4, 0.5) is 5.95 Å². The zero-order chi connectivity index (χ0) is 10.8. The summed E-state index contributed by atoms with van der Waals surface area (Å²) in [6.45, 7) is 3.65. The van der Waals surface area contributed by atoms with Crippen LogP contribution in [0.15, 0.2) is 24.8 Å². The molecule has 15 heavy (non-hydrogen) atoms. The summed E-state index contributed by atoms with van der Waals surface area (Å²) in [6.07, 6.45) is 2.33. The molecule has 2 aromatic heterocycles. The summed E-state index contributed by atoms with van der Waals surface area (Å²) in [4.78, 5) is 12.3. The van der Waals surface area contributed by atoms with Crippen molar-refractivity contribution in [1.82, 2.24) is 15.0 Å². The molecule has 2 N–H and O–H groups in total. The van der Waals surface area contributed by atoms with Crippen LogP contribution in [-0.4, -0.2) is 15.0 Å². The summed E-state index contributed by atoms with van der Waals surface area (Å²) >= 11 is 5.81. The Morgan fingerprint density at radius 1 is 1.33 bits per heavy atom. The van der Waals surface area contributed by atoms with Gasteiger partial charge >= 0.3 is 0 Å². The average molecular weight is 221 g/mol. The molecule has 0 amide bonds. The molecule has 0 bridgehead atoms. The summed E-state index contributed by atoms with van der Waals surface area (Å²) in [5, 5.41) is 0.418. The second kappa shape index (κ2) is 3.82. The molecular formula is C10H9ClN4. The van der Waals surface area contributed by atoms with Crippen molar-refractivity contribution < 1.29 is 0 Å². The van der Waals surface area contributed by atoms with Gasteiger partial charge in [0.25, 0.3) is 0 Å². The molecule has 0 atom stereocenters. The maximum absolute atomic E-state index is 5.81. The summed E-state index contributed by atoms with van der Waals surface area (Å²) in [5.74, 6) is 0.239. The number of fused-ring (bicyclic) bond motifs is 1. The van der Waals surface area contributed by atoms with Gasteiger partial charge in [-0.25, -0.2) is 15.0 Å². The second-order valence-electron chi connectivity index (χ2n) is 3.02. The van der Waals surface area contributed by atoms with Gasteiger partial charge in [0.05, 0.1) is 11.2 Å². The standard InChI is InChI=1S/C10H9ClN4/c1-2-3-6-9-7(14-10(12)13-6)4-5-8(11)15-9/h2,4-5H,1,3H2,(H2,12,13,14). The van der Waals surface area contributed by atoms with Gasteiger partial charge in [-0.2, -0.15) is 0 Å². The average Bonchev–Trinajstić information content (AvgIpc) is 2.19. The fourth-order valence-electron chi connectivity index (χ4n) is 1.35. The largest absolute Gasteiger partial charge is 0.368 e. The van der Waals surface area contributed by atoms with E-state index in [0.29, 0.717) is 22.6 Å². The SMILES string of the molecule is C=CCc1nc(N)nc2ccc(Cl)nc12. The molecule has 0 aliphatic rings. The van der Waals surface area contributed by atoms with Gasteiger partial charge in [-0.15, -0.1) is 6.58 Å². The number of hydrogen-bond acceptors (Lipinski definition) is 4. The minimum absolute atomic E-state index is 0.239. The van der Waals surface area contributed by atoms with Gasteiger partial charge in [0, 0.05) is 6.42 Å². The predicted octanol–water partition coefficient (Wildman–Crippen LogP) is 1.99. The van der Waals surface area contributed by atoms with E-state index in [1.807, 2.05) is 0 Å². The molecule has 4 nitrogen and oxygen atoms in total. The number of hydrogen-bond donors (Lipinski definition) is 1. The highest BCUT2D eigenvalue weighted by Crippen LogP contribution is 2.17. The van der Waals surface area contributed by atoms with Crippen molar-refractivity contribution in [3.05, 3.63) is 35.6 Å². The summed E-state index contributed by atoms with van der Waals surface area (Å²) < 4.78 is 0. The zero-order valence-corrected chi connectivity index (χ0v) is 8.70. The number of anilines is 1. The topological polar surface area (TPSA) is 64.7 Å². The molecule has 76 valence electrons. The quantitative estimate of drug-likeness (QED) is 0.621. The van der Waals surface area contributed by atoms with Crippen LogP contribution in [0.2, 0.25) is 5.15 Å². The van der Waals surface area contributed by atoms with Crippen LogP contribution in [0, 0.1) is 0 Å². The second-order valence-corrected chi connectivity index (χ2v) is 3.41. The molecule has 2 aromatic rings. The van der Waals surface area contributed by atoms with Crippen LogP contribution in [0.5, 0.6) is 0 Å². The highest BCUT2D eigenvalue weighted by molar-refractivity contribution is 6.29. The fraction of sp³-hybridized carbons (Fsp3) is 0.100. The lowest BCUT2D eigenvalue weighted by molar-refractivity contribution is 1.09. The number of aromatic nitrogens is 3. The van der Waals surface area contributed by atoms with E-state index in [9.17, 15) is 0 Å². The van der Waals surface area contributed by atoms with Gasteiger partial charge in [-0.1, -0.05) is 17.7 Å². The van der Waals surface area contributed by atoms with E-state index >= 15 is 0 Å². The molecule has 0 unspecified atom stereocenters. The van der Waals surface area contributed by atoms with Gasteiger partial charge in [-0.3, -0.25) is 0 Å². The van der Waals surface area contributed by atoms with Crippen molar-refractivity contribution >= 4 is 28.6 Å². The first-order valence-electron chi connectivity index (χ1n) is 4.40. The monoisotopic (exact) mass is 220 g/mol. The Kier molecular flexibility index (Phi) is 2.51. The number of nitrogens with two attached hydrogens (primary N) is 1.